The second-order valence-corrected chi connectivity index (χ2v) is 6.03. The number of rotatable bonds is 3. The highest BCUT2D eigenvalue weighted by Gasteiger charge is 2.18. The summed E-state index contributed by atoms with van der Waals surface area (Å²) in [7, 11) is 0. The summed E-state index contributed by atoms with van der Waals surface area (Å²) in [5.41, 5.74) is 0.997. The van der Waals surface area contributed by atoms with Crippen LogP contribution in [0.25, 0.3) is 5.82 Å². The van der Waals surface area contributed by atoms with Crippen LogP contribution in [0, 0.1) is 6.92 Å². The summed E-state index contributed by atoms with van der Waals surface area (Å²) in [6, 6.07) is 10.5. The first-order valence-electron chi connectivity index (χ1n) is 6.69. The van der Waals surface area contributed by atoms with Crippen molar-refractivity contribution in [3.05, 3.63) is 69.5 Å². The van der Waals surface area contributed by atoms with E-state index in [1.165, 1.54) is 6.20 Å². The molecule has 5 nitrogen and oxygen atoms in total. The van der Waals surface area contributed by atoms with E-state index in [1.54, 1.807) is 42.1 Å². The number of esters is 1. The first-order valence-corrected chi connectivity index (χ1v) is 7.86. The minimum absolute atomic E-state index is 0.296. The van der Waals surface area contributed by atoms with E-state index in [0.29, 0.717) is 27.8 Å². The van der Waals surface area contributed by atoms with Gasteiger partial charge in [-0.05, 0) is 37.3 Å². The van der Waals surface area contributed by atoms with Gasteiger partial charge in [-0.25, -0.2) is 14.5 Å². The van der Waals surface area contributed by atoms with Crippen molar-refractivity contribution < 1.29 is 9.53 Å². The van der Waals surface area contributed by atoms with E-state index >= 15 is 0 Å². The molecule has 0 unspecified atom stereocenters. The molecule has 0 amide bonds. The van der Waals surface area contributed by atoms with Crippen molar-refractivity contribution in [3.63, 3.8) is 0 Å². The number of hydrogen-bond donors (Lipinski definition) is 0. The Morgan fingerprint density at radius 3 is 2.83 bits per heavy atom. The standard InChI is InChI=1S/C16H11BrClN3O2/c1-10-12(9-20-21(10)15-4-2-3-7-19-15)16(22)23-14-6-5-11(17)8-13(14)18/h2-9H,1H3. The van der Waals surface area contributed by atoms with Gasteiger partial charge >= 0.3 is 5.97 Å². The quantitative estimate of drug-likeness (QED) is 0.495. The molecule has 0 fully saturated rings. The van der Waals surface area contributed by atoms with Crippen LogP contribution in [0.15, 0.2) is 53.3 Å². The van der Waals surface area contributed by atoms with Gasteiger partial charge in [0.05, 0.1) is 16.9 Å². The maximum absolute atomic E-state index is 12.4. The van der Waals surface area contributed by atoms with Gasteiger partial charge in [0.25, 0.3) is 0 Å². The molecule has 3 rings (SSSR count). The predicted octanol–water partition coefficient (Wildman–Crippen LogP) is 4.21. The van der Waals surface area contributed by atoms with Crippen LogP contribution in [0.5, 0.6) is 5.75 Å². The Hall–Kier alpha value is -2.18. The molecular formula is C16H11BrClN3O2. The van der Waals surface area contributed by atoms with Crippen LogP contribution in [0.3, 0.4) is 0 Å². The Bertz CT molecular complexity index is 865. The van der Waals surface area contributed by atoms with E-state index < -0.39 is 5.97 Å². The molecule has 0 aliphatic carbocycles. The van der Waals surface area contributed by atoms with Gasteiger partial charge in [-0.1, -0.05) is 33.6 Å². The average Bonchev–Trinajstić information content (AvgIpc) is 2.92. The average molecular weight is 393 g/mol. The maximum Gasteiger partial charge on any atom is 0.347 e. The molecule has 1 aromatic carbocycles. The SMILES string of the molecule is Cc1c(C(=O)Oc2ccc(Br)cc2Cl)cnn1-c1ccccn1. The fourth-order valence-corrected chi connectivity index (χ4v) is 2.74. The van der Waals surface area contributed by atoms with Crippen molar-refractivity contribution in [1.29, 1.82) is 0 Å². The van der Waals surface area contributed by atoms with Crippen molar-refractivity contribution in [2.24, 2.45) is 0 Å². The van der Waals surface area contributed by atoms with Crippen molar-refractivity contribution in [2.45, 2.75) is 6.92 Å². The third-order valence-electron chi connectivity index (χ3n) is 3.19. The summed E-state index contributed by atoms with van der Waals surface area (Å²) in [6.45, 7) is 1.78. The fraction of sp³-hybridized carbons (Fsp3) is 0.0625. The summed E-state index contributed by atoms with van der Waals surface area (Å²) in [4.78, 5) is 16.6. The summed E-state index contributed by atoms with van der Waals surface area (Å²) in [6.07, 6.45) is 3.12. The Labute approximate surface area is 146 Å². The molecular weight excluding hydrogens is 382 g/mol. The van der Waals surface area contributed by atoms with Crippen molar-refractivity contribution in [1.82, 2.24) is 14.8 Å². The second kappa shape index (κ2) is 6.52. The van der Waals surface area contributed by atoms with E-state index in [1.807, 2.05) is 12.1 Å². The molecule has 0 atom stereocenters. The number of nitrogens with zero attached hydrogens (tertiary/aromatic N) is 3. The van der Waals surface area contributed by atoms with Crippen molar-refractivity contribution in [3.8, 4) is 11.6 Å². The largest absolute Gasteiger partial charge is 0.421 e. The van der Waals surface area contributed by atoms with Crippen molar-refractivity contribution >= 4 is 33.5 Å². The lowest BCUT2D eigenvalue weighted by Crippen LogP contribution is -2.10. The summed E-state index contributed by atoms with van der Waals surface area (Å²) in [5, 5.41) is 4.55. The Kier molecular flexibility index (Phi) is 4.45. The van der Waals surface area contributed by atoms with Crippen LogP contribution < -0.4 is 4.74 Å². The van der Waals surface area contributed by atoms with E-state index in [4.69, 9.17) is 16.3 Å². The van der Waals surface area contributed by atoms with Gasteiger partial charge in [0.15, 0.2) is 5.82 Å². The van der Waals surface area contributed by atoms with Gasteiger partial charge in [0.2, 0.25) is 0 Å². The first kappa shape index (κ1) is 15.7. The third kappa shape index (κ3) is 3.28. The molecule has 0 radical (unpaired) electrons. The molecule has 0 spiro atoms. The zero-order valence-corrected chi connectivity index (χ0v) is 14.4. The number of aromatic nitrogens is 3. The fourth-order valence-electron chi connectivity index (χ4n) is 2.03. The number of hydrogen-bond acceptors (Lipinski definition) is 4. The number of halogens is 2. The molecule has 0 N–H and O–H groups in total. The second-order valence-electron chi connectivity index (χ2n) is 4.71. The van der Waals surface area contributed by atoms with Crippen LogP contribution in [0.1, 0.15) is 16.1 Å². The first-order chi connectivity index (χ1) is 11.1. The molecule has 0 bridgehead atoms. The molecule has 3 aromatic rings. The van der Waals surface area contributed by atoms with Gasteiger partial charge < -0.3 is 4.74 Å². The van der Waals surface area contributed by atoms with Gasteiger partial charge in [0.1, 0.15) is 11.3 Å². The molecule has 7 heteroatoms. The lowest BCUT2D eigenvalue weighted by atomic mass is 10.2. The molecule has 116 valence electrons. The van der Waals surface area contributed by atoms with Crippen LogP contribution in [0.4, 0.5) is 0 Å². The number of carbonyl (C=O) groups excluding carboxylic acids is 1. The molecule has 0 saturated heterocycles. The smallest absolute Gasteiger partial charge is 0.347 e. The highest BCUT2D eigenvalue weighted by Crippen LogP contribution is 2.28. The normalized spacial score (nSPS) is 10.6. The predicted molar refractivity (Wildman–Crippen MR) is 90.2 cm³/mol. The van der Waals surface area contributed by atoms with Crippen LogP contribution in [-0.2, 0) is 0 Å². The highest BCUT2D eigenvalue weighted by molar-refractivity contribution is 9.10. The van der Waals surface area contributed by atoms with Crippen LogP contribution >= 0.6 is 27.5 Å². The van der Waals surface area contributed by atoms with Crippen LogP contribution in [0.2, 0.25) is 5.02 Å². The monoisotopic (exact) mass is 391 g/mol. The highest BCUT2D eigenvalue weighted by atomic mass is 79.9. The number of carbonyl (C=O) groups is 1. The van der Waals surface area contributed by atoms with Gasteiger partial charge in [-0.15, -0.1) is 0 Å². The topological polar surface area (TPSA) is 57.0 Å². The molecule has 23 heavy (non-hydrogen) atoms. The van der Waals surface area contributed by atoms with E-state index in [9.17, 15) is 4.79 Å². The Morgan fingerprint density at radius 2 is 2.13 bits per heavy atom. The minimum Gasteiger partial charge on any atom is -0.421 e. The Morgan fingerprint density at radius 1 is 1.30 bits per heavy atom. The van der Waals surface area contributed by atoms with E-state index in [-0.39, 0.29) is 0 Å². The van der Waals surface area contributed by atoms with Gasteiger partial charge in [0, 0.05) is 10.7 Å². The van der Waals surface area contributed by atoms with Crippen molar-refractivity contribution in [2.75, 3.05) is 0 Å². The van der Waals surface area contributed by atoms with E-state index in [0.717, 1.165) is 4.47 Å². The molecule has 0 aliphatic rings. The third-order valence-corrected chi connectivity index (χ3v) is 3.98. The molecule has 2 heterocycles. The van der Waals surface area contributed by atoms with Gasteiger partial charge in [-0.2, -0.15) is 5.10 Å². The lowest BCUT2D eigenvalue weighted by Gasteiger charge is -2.07. The number of ether oxygens (including phenoxy) is 1. The van der Waals surface area contributed by atoms with E-state index in [2.05, 4.69) is 26.0 Å². The maximum atomic E-state index is 12.4. The molecule has 2 aromatic heterocycles. The minimum atomic E-state index is -0.520. The number of benzene rings is 1. The molecule has 0 aliphatic heterocycles. The van der Waals surface area contributed by atoms with Gasteiger partial charge in [-0.3, -0.25) is 0 Å². The lowest BCUT2D eigenvalue weighted by molar-refractivity contribution is 0.0734. The summed E-state index contributed by atoms with van der Waals surface area (Å²) < 4.78 is 7.74. The summed E-state index contributed by atoms with van der Waals surface area (Å²) >= 11 is 9.37. The molecule has 0 saturated carbocycles. The summed E-state index contributed by atoms with van der Waals surface area (Å²) in [5.74, 6) is 0.407. The Balaban J connectivity index is 1.88. The zero-order chi connectivity index (χ0) is 16.4. The van der Waals surface area contributed by atoms with Crippen LogP contribution in [-0.4, -0.2) is 20.7 Å². The zero-order valence-electron chi connectivity index (χ0n) is 12.0. The number of pyridine rings is 1.